The van der Waals surface area contributed by atoms with E-state index in [2.05, 4.69) is 4.98 Å². The lowest BCUT2D eigenvalue weighted by molar-refractivity contribution is -0.742. The lowest BCUT2D eigenvalue weighted by atomic mass is 10.2. The Morgan fingerprint density at radius 3 is 2.56 bits per heavy atom. The second-order valence-electron chi connectivity index (χ2n) is 3.09. The van der Waals surface area contributed by atoms with Gasteiger partial charge >= 0.3 is 0 Å². The minimum Gasteiger partial charge on any atom is -0.328 e. The molecule has 0 saturated carbocycles. The molecule has 1 N–H and O–H groups in total. The van der Waals surface area contributed by atoms with Crippen molar-refractivity contribution in [1.29, 1.82) is 0 Å². The van der Waals surface area contributed by atoms with Crippen molar-refractivity contribution in [3.05, 3.63) is 64.7 Å². The molecular formula is C11H10ClN3O3. The van der Waals surface area contributed by atoms with Crippen molar-refractivity contribution in [3.8, 4) is 0 Å². The van der Waals surface area contributed by atoms with Crippen molar-refractivity contribution in [2.45, 2.75) is 0 Å². The fourth-order valence-corrected chi connectivity index (χ4v) is 1.39. The number of benzene rings is 1. The van der Waals surface area contributed by atoms with Crippen LogP contribution in [0.15, 0.2) is 49.1 Å². The molecule has 0 aliphatic heterocycles. The summed E-state index contributed by atoms with van der Waals surface area (Å²) in [6.45, 7) is 0. The summed E-state index contributed by atoms with van der Waals surface area (Å²) in [5.41, 5.74) is 1.00. The van der Waals surface area contributed by atoms with E-state index in [1.165, 1.54) is 0 Å². The SMILES string of the molecule is Cl/C(=C\n1ccnc1)c1ccccc1.O=[N+]([O-])O. The standard InChI is InChI=1S/C11H9ClN2.HNO3/c12-11(8-14-7-6-13-9-14)10-4-2-1-3-5-10;2-1(3)4/h1-9H;(H,2,3,4)/b11-8-;. The number of aromatic nitrogens is 2. The van der Waals surface area contributed by atoms with Crippen LogP contribution in [-0.4, -0.2) is 19.8 Å². The summed E-state index contributed by atoms with van der Waals surface area (Å²) in [5.74, 6) is 0. The molecule has 1 aromatic heterocycles. The van der Waals surface area contributed by atoms with Crippen LogP contribution in [0, 0.1) is 10.1 Å². The summed E-state index contributed by atoms with van der Waals surface area (Å²) in [7, 11) is 0. The molecule has 0 radical (unpaired) electrons. The normalized spacial score (nSPS) is 10.4. The maximum absolute atomic E-state index is 8.36. The van der Waals surface area contributed by atoms with Gasteiger partial charge in [-0.25, -0.2) is 4.98 Å². The van der Waals surface area contributed by atoms with Crippen molar-refractivity contribution in [3.63, 3.8) is 0 Å². The first-order valence-electron chi connectivity index (χ1n) is 4.83. The summed E-state index contributed by atoms with van der Waals surface area (Å²) in [6, 6.07) is 9.81. The monoisotopic (exact) mass is 267 g/mol. The molecule has 0 spiro atoms. The second kappa shape index (κ2) is 7.08. The van der Waals surface area contributed by atoms with E-state index >= 15 is 0 Å². The maximum atomic E-state index is 8.36. The molecule has 0 amide bonds. The van der Waals surface area contributed by atoms with Gasteiger partial charge in [-0.1, -0.05) is 41.9 Å². The third-order valence-corrected chi connectivity index (χ3v) is 2.15. The van der Waals surface area contributed by atoms with Crippen LogP contribution in [0.5, 0.6) is 0 Å². The Kier molecular flexibility index (Phi) is 5.40. The van der Waals surface area contributed by atoms with Gasteiger partial charge in [0.15, 0.2) is 0 Å². The molecule has 6 nitrogen and oxygen atoms in total. The molecule has 0 aliphatic rings. The van der Waals surface area contributed by atoms with E-state index in [0.717, 1.165) is 5.56 Å². The first kappa shape index (κ1) is 13.7. The van der Waals surface area contributed by atoms with Gasteiger partial charge in [0.2, 0.25) is 0 Å². The summed E-state index contributed by atoms with van der Waals surface area (Å²) >= 11 is 6.11. The van der Waals surface area contributed by atoms with Crippen molar-refractivity contribution in [2.75, 3.05) is 0 Å². The first-order valence-corrected chi connectivity index (χ1v) is 5.21. The van der Waals surface area contributed by atoms with E-state index in [4.69, 9.17) is 26.9 Å². The van der Waals surface area contributed by atoms with Crippen molar-refractivity contribution < 1.29 is 10.3 Å². The molecule has 1 aromatic carbocycles. The van der Waals surface area contributed by atoms with E-state index < -0.39 is 5.09 Å². The zero-order valence-corrected chi connectivity index (χ0v) is 9.94. The highest BCUT2D eigenvalue weighted by Gasteiger charge is 1.95. The third kappa shape index (κ3) is 5.13. The van der Waals surface area contributed by atoms with Crippen molar-refractivity contribution in [2.24, 2.45) is 0 Å². The van der Waals surface area contributed by atoms with Gasteiger partial charge in [-0.3, -0.25) is 0 Å². The molecule has 1 heterocycles. The summed E-state index contributed by atoms with van der Waals surface area (Å²) in [6.07, 6.45) is 7.08. The van der Waals surface area contributed by atoms with Crippen LogP contribution in [0.4, 0.5) is 0 Å². The Labute approximate surface area is 108 Å². The highest BCUT2D eigenvalue weighted by Crippen LogP contribution is 2.18. The van der Waals surface area contributed by atoms with Crippen LogP contribution in [0.3, 0.4) is 0 Å². The Bertz CT molecular complexity index is 508. The molecule has 94 valence electrons. The minimum atomic E-state index is -1.50. The van der Waals surface area contributed by atoms with Crippen LogP contribution in [0.1, 0.15) is 5.56 Å². The molecule has 0 bridgehead atoms. The summed E-state index contributed by atoms with van der Waals surface area (Å²) in [4.78, 5) is 12.3. The first-order chi connectivity index (χ1) is 8.59. The quantitative estimate of drug-likeness (QED) is 0.670. The maximum Gasteiger partial charge on any atom is 0.291 e. The molecule has 0 atom stereocenters. The number of hydrogen-bond donors (Lipinski definition) is 1. The van der Waals surface area contributed by atoms with E-state index in [9.17, 15) is 0 Å². The van der Waals surface area contributed by atoms with Crippen LogP contribution in [0.25, 0.3) is 11.2 Å². The van der Waals surface area contributed by atoms with E-state index in [1.807, 2.05) is 47.3 Å². The minimum absolute atomic E-state index is 0.698. The highest BCUT2D eigenvalue weighted by atomic mass is 35.5. The van der Waals surface area contributed by atoms with Gasteiger partial charge in [-0.05, 0) is 5.56 Å². The number of nitrogens with zero attached hydrogens (tertiary/aromatic N) is 3. The molecule has 18 heavy (non-hydrogen) atoms. The zero-order chi connectivity index (χ0) is 13.4. The largest absolute Gasteiger partial charge is 0.328 e. The van der Waals surface area contributed by atoms with Crippen LogP contribution >= 0.6 is 11.6 Å². The smallest absolute Gasteiger partial charge is 0.291 e. The predicted molar refractivity (Wildman–Crippen MR) is 67.5 cm³/mol. The molecule has 0 aliphatic carbocycles. The number of imidazole rings is 1. The Morgan fingerprint density at radius 2 is 2.06 bits per heavy atom. The molecule has 0 unspecified atom stereocenters. The fraction of sp³-hybridized carbons (Fsp3) is 0. The topological polar surface area (TPSA) is 81.2 Å². The van der Waals surface area contributed by atoms with Crippen LogP contribution in [-0.2, 0) is 0 Å². The Balaban J connectivity index is 0.000000357. The highest BCUT2D eigenvalue weighted by molar-refractivity contribution is 6.50. The van der Waals surface area contributed by atoms with Gasteiger partial charge in [0.1, 0.15) is 0 Å². The van der Waals surface area contributed by atoms with Crippen LogP contribution in [0.2, 0.25) is 0 Å². The van der Waals surface area contributed by atoms with E-state index in [1.54, 1.807) is 12.5 Å². The summed E-state index contributed by atoms with van der Waals surface area (Å²) in [5, 5.41) is 14.3. The van der Waals surface area contributed by atoms with Gasteiger partial charge in [-0.2, -0.15) is 0 Å². The average Bonchev–Trinajstić information content (AvgIpc) is 2.82. The van der Waals surface area contributed by atoms with Gasteiger partial charge in [0, 0.05) is 18.6 Å². The molecule has 0 fully saturated rings. The van der Waals surface area contributed by atoms with Gasteiger partial charge < -0.3 is 9.77 Å². The van der Waals surface area contributed by atoms with Gasteiger partial charge in [0.05, 0.1) is 11.4 Å². The number of halogens is 1. The average molecular weight is 268 g/mol. The summed E-state index contributed by atoms with van der Waals surface area (Å²) < 4.78 is 1.81. The molecular weight excluding hydrogens is 258 g/mol. The Morgan fingerprint density at radius 1 is 1.44 bits per heavy atom. The van der Waals surface area contributed by atoms with Crippen LogP contribution < -0.4 is 0 Å². The molecule has 2 aromatic rings. The zero-order valence-electron chi connectivity index (χ0n) is 9.18. The lowest BCUT2D eigenvalue weighted by Gasteiger charge is -1.98. The van der Waals surface area contributed by atoms with Crippen molar-refractivity contribution >= 4 is 22.8 Å². The number of rotatable bonds is 2. The Hall–Kier alpha value is -2.34. The molecule has 2 rings (SSSR count). The van der Waals surface area contributed by atoms with Gasteiger partial charge in [-0.15, -0.1) is 10.1 Å². The molecule has 7 heteroatoms. The predicted octanol–water partition coefficient (Wildman–Crippen LogP) is 2.73. The van der Waals surface area contributed by atoms with Gasteiger partial charge in [0.25, 0.3) is 5.09 Å². The fourth-order valence-electron chi connectivity index (χ4n) is 1.15. The van der Waals surface area contributed by atoms with E-state index in [0.29, 0.717) is 5.03 Å². The van der Waals surface area contributed by atoms with E-state index in [-0.39, 0.29) is 0 Å². The second-order valence-corrected chi connectivity index (χ2v) is 3.50. The number of hydrogen-bond acceptors (Lipinski definition) is 3. The third-order valence-electron chi connectivity index (χ3n) is 1.84. The lowest BCUT2D eigenvalue weighted by Crippen LogP contribution is -1.82. The molecule has 0 saturated heterocycles. The van der Waals surface area contributed by atoms with Crippen molar-refractivity contribution in [1.82, 2.24) is 9.55 Å².